The topological polar surface area (TPSA) is 71.8 Å². The number of nitrogens with zero attached hydrogens (tertiary/aromatic N) is 2. The third-order valence-electron chi connectivity index (χ3n) is 7.63. The van der Waals surface area contributed by atoms with Gasteiger partial charge in [0, 0.05) is 11.8 Å². The number of alkyl halides is 2. The largest absolute Gasteiger partial charge is 0.497 e. The minimum atomic E-state index is -1.67. The molecule has 2 aliphatic rings. The number of rotatable bonds is 7. The van der Waals surface area contributed by atoms with Gasteiger partial charge in [-0.2, -0.15) is 4.98 Å². The van der Waals surface area contributed by atoms with Crippen molar-refractivity contribution in [1.29, 1.82) is 0 Å². The highest BCUT2D eigenvalue weighted by Gasteiger charge is 2.62. The van der Waals surface area contributed by atoms with Gasteiger partial charge in [0.2, 0.25) is 0 Å². The summed E-state index contributed by atoms with van der Waals surface area (Å²) in [5.74, 6) is 0.562. The first-order chi connectivity index (χ1) is 19.4. The van der Waals surface area contributed by atoms with Crippen LogP contribution in [0.25, 0.3) is 0 Å². The van der Waals surface area contributed by atoms with Crippen molar-refractivity contribution < 1.29 is 23.3 Å². The zero-order valence-corrected chi connectivity index (χ0v) is 22.8. The van der Waals surface area contributed by atoms with E-state index in [4.69, 9.17) is 30.5 Å². The molecule has 2 bridgehead atoms. The third kappa shape index (κ3) is 4.18. The highest BCUT2D eigenvalue weighted by Crippen LogP contribution is 2.50. The molecular weight excluding hydrogens is 535 g/mol. The van der Waals surface area contributed by atoms with E-state index >= 15 is 4.39 Å². The molecule has 1 aromatic heterocycles. The normalized spacial score (nSPS) is 23.6. The van der Waals surface area contributed by atoms with Crippen molar-refractivity contribution in [2.75, 3.05) is 19.6 Å². The SMILES string of the molecule is COc1ccc(C(O[C@H]2[C@@H](F)[C@H]3O[C@]2(CCl)COc2nc(=O)c(C)cn23)(c2ccccc2)c2ccccc2)cc1. The Bertz CT molecular complexity index is 1510. The summed E-state index contributed by atoms with van der Waals surface area (Å²) >= 11 is 6.55. The summed E-state index contributed by atoms with van der Waals surface area (Å²) in [4.78, 5) is 16.2. The van der Waals surface area contributed by atoms with Gasteiger partial charge < -0.3 is 18.9 Å². The van der Waals surface area contributed by atoms with Gasteiger partial charge in [-0.25, -0.2) is 4.39 Å². The summed E-state index contributed by atoms with van der Waals surface area (Å²) in [5, 5.41) is 0. The van der Waals surface area contributed by atoms with Crippen LogP contribution < -0.4 is 15.0 Å². The number of methoxy groups -OCH3 is 1. The zero-order chi connectivity index (χ0) is 27.9. The maximum Gasteiger partial charge on any atom is 0.302 e. The van der Waals surface area contributed by atoms with E-state index in [-0.39, 0.29) is 18.5 Å². The summed E-state index contributed by atoms with van der Waals surface area (Å²) in [6.07, 6.45) is -2.49. The molecule has 1 fully saturated rings. The number of benzene rings is 3. The average molecular weight is 563 g/mol. The molecule has 0 N–H and O–H groups in total. The first-order valence-corrected chi connectivity index (χ1v) is 13.5. The van der Waals surface area contributed by atoms with Gasteiger partial charge in [0.1, 0.15) is 29.7 Å². The fourth-order valence-electron chi connectivity index (χ4n) is 5.55. The van der Waals surface area contributed by atoms with Crippen molar-refractivity contribution in [2.45, 2.75) is 36.6 Å². The van der Waals surface area contributed by atoms with Gasteiger partial charge in [-0.05, 0) is 35.7 Å². The Balaban J connectivity index is 1.55. The van der Waals surface area contributed by atoms with Gasteiger partial charge in [-0.15, -0.1) is 11.6 Å². The van der Waals surface area contributed by atoms with E-state index in [9.17, 15) is 4.79 Å². The molecule has 0 saturated carbocycles. The molecule has 0 aliphatic carbocycles. The third-order valence-corrected chi connectivity index (χ3v) is 8.08. The molecule has 9 heteroatoms. The molecule has 3 heterocycles. The molecule has 6 rings (SSSR count). The van der Waals surface area contributed by atoms with Gasteiger partial charge in [-0.1, -0.05) is 72.8 Å². The van der Waals surface area contributed by atoms with Gasteiger partial charge >= 0.3 is 6.01 Å². The number of fused-ring (bicyclic) bond motifs is 4. The highest BCUT2D eigenvalue weighted by atomic mass is 35.5. The van der Waals surface area contributed by atoms with Crippen LogP contribution >= 0.6 is 11.6 Å². The Hall–Kier alpha value is -3.72. The highest BCUT2D eigenvalue weighted by molar-refractivity contribution is 6.18. The second-order valence-corrected chi connectivity index (χ2v) is 10.3. The number of halogens is 2. The standard InChI is InChI=1S/C31H28ClFN2O5/c1-20-17-35-28-25(33)26(30(18-32,40-28)19-38-29(35)34-27(20)36)39-31(21-9-5-3-6-10-21,22-11-7-4-8-12-22)23-13-15-24(37-2)16-14-23/h3-17,25-26,28H,18-19H2,1-2H3/t25-,26+,28-,30-/m1/s1. The monoisotopic (exact) mass is 562 g/mol. The Labute approximate surface area is 236 Å². The first-order valence-electron chi connectivity index (χ1n) is 13.0. The summed E-state index contributed by atoms with van der Waals surface area (Å²) in [6.45, 7) is 1.45. The maximum absolute atomic E-state index is 16.8. The van der Waals surface area contributed by atoms with Crippen molar-refractivity contribution in [2.24, 2.45) is 0 Å². The van der Waals surface area contributed by atoms with E-state index in [1.165, 1.54) is 10.8 Å². The van der Waals surface area contributed by atoms with Gasteiger partial charge in [0.15, 0.2) is 12.4 Å². The maximum atomic E-state index is 16.8. The summed E-state index contributed by atoms with van der Waals surface area (Å²) < 4.78 is 42.9. The van der Waals surface area contributed by atoms with Crippen LogP contribution in [0, 0.1) is 6.92 Å². The fourth-order valence-corrected chi connectivity index (χ4v) is 5.84. The van der Waals surface area contributed by atoms with Gasteiger partial charge in [0.05, 0.1) is 13.0 Å². The molecule has 40 heavy (non-hydrogen) atoms. The summed E-state index contributed by atoms with van der Waals surface area (Å²) in [5.41, 5.74) is -0.373. The number of aryl methyl sites for hydroxylation is 1. The molecule has 206 valence electrons. The van der Waals surface area contributed by atoms with E-state index in [2.05, 4.69) is 4.98 Å². The Morgan fingerprint density at radius 2 is 1.62 bits per heavy atom. The molecule has 0 radical (unpaired) electrons. The molecule has 0 unspecified atom stereocenters. The van der Waals surface area contributed by atoms with E-state index in [1.54, 1.807) is 14.0 Å². The minimum absolute atomic E-state index is 0.0128. The predicted molar refractivity (Wildman–Crippen MR) is 148 cm³/mol. The smallest absolute Gasteiger partial charge is 0.302 e. The minimum Gasteiger partial charge on any atom is -0.497 e. The van der Waals surface area contributed by atoms with Crippen LogP contribution in [0.15, 0.2) is 95.9 Å². The second-order valence-electron chi connectivity index (χ2n) is 10.0. The molecular formula is C31H28ClFN2O5. The van der Waals surface area contributed by atoms with Gasteiger partial charge in [-0.3, -0.25) is 9.36 Å². The number of ether oxygens (including phenoxy) is 4. The molecule has 1 saturated heterocycles. The number of hydrogen-bond donors (Lipinski definition) is 0. The molecule has 3 aromatic carbocycles. The molecule has 4 atom stereocenters. The molecule has 2 aliphatic heterocycles. The Morgan fingerprint density at radius 1 is 1.02 bits per heavy atom. The van der Waals surface area contributed by atoms with Crippen molar-refractivity contribution in [1.82, 2.24) is 9.55 Å². The van der Waals surface area contributed by atoms with Gasteiger partial charge in [0.25, 0.3) is 5.56 Å². The van der Waals surface area contributed by atoms with Crippen LogP contribution in [0.4, 0.5) is 4.39 Å². The van der Waals surface area contributed by atoms with Crippen LogP contribution in [-0.4, -0.2) is 47.0 Å². The lowest BCUT2D eigenvalue weighted by Gasteiger charge is -2.42. The van der Waals surface area contributed by atoms with Crippen LogP contribution in [0.1, 0.15) is 28.5 Å². The van der Waals surface area contributed by atoms with E-state index in [0.717, 1.165) is 16.7 Å². The number of aromatic nitrogens is 2. The second kappa shape index (κ2) is 10.4. The van der Waals surface area contributed by atoms with Crippen molar-refractivity contribution in [3.05, 3.63) is 124 Å². The van der Waals surface area contributed by atoms with Crippen LogP contribution in [-0.2, 0) is 15.1 Å². The molecule has 7 nitrogen and oxygen atoms in total. The van der Waals surface area contributed by atoms with E-state index in [0.29, 0.717) is 11.3 Å². The Morgan fingerprint density at radius 3 is 2.20 bits per heavy atom. The van der Waals surface area contributed by atoms with Crippen LogP contribution in [0.3, 0.4) is 0 Å². The van der Waals surface area contributed by atoms with Crippen molar-refractivity contribution in [3.8, 4) is 11.8 Å². The lowest BCUT2D eigenvalue weighted by Crippen LogP contribution is -2.54. The van der Waals surface area contributed by atoms with E-state index < -0.39 is 35.3 Å². The molecule has 4 aromatic rings. The summed E-state index contributed by atoms with van der Waals surface area (Å²) in [7, 11) is 1.60. The first kappa shape index (κ1) is 26.5. The lowest BCUT2D eigenvalue weighted by molar-refractivity contribution is -0.144. The average Bonchev–Trinajstić information content (AvgIpc) is 3.16. The Kier molecular flexibility index (Phi) is 6.86. The number of hydrogen-bond acceptors (Lipinski definition) is 6. The fraction of sp³-hybridized carbons (Fsp3) is 0.290. The zero-order valence-electron chi connectivity index (χ0n) is 22.0. The van der Waals surface area contributed by atoms with Crippen LogP contribution in [0.2, 0.25) is 0 Å². The van der Waals surface area contributed by atoms with Crippen molar-refractivity contribution in [3.63, 3.8) is 0 Å². The summed E-state index contributed by atoms with van der Waals surface area (Å²) in [6, 6.07) is 26.8. The van der Waals surface area contributed by atoms with E-state index in [1.807, 2.05) is 84.9 Å². The van der Waals surface area contributed by atoms with Crippen molar-refractivity contribution >= 4 is 11.6 Å². The van der Waals surface area contributed by atoms with Crippen LogP contribution in [0.5, 0.6) is 11.8 Å². The molecule has 0 amide bonds. The quantitative estimate of drug-likeness (QED) is 0.228. The lowest BCUT2D eigenvalue weighted by atomic mass is 9.79. The molecule has 0 spiro atoms. The predicted octanol–water partition coefficient (Wildman–Crippen LogP) is 5.17.